The maximum atomic E-state index is 12.5. The number of nitriles is 1. The summed E-state index contributed by atoms with van der Waals surface area (Å²) in [4.78, 5) is 16.6. The van der Waals surface area contributed by atoms with E-state index in [1.165, 1.54) is 0 Å². The SMILES string of the molecule is N#Cc1ccc(CN2C(=O)COc3ccc(N4CCNCC4)cc32)cc1. The van der Waals surface area contributed by atoms with Crippen molar-refractivity contribution < 1.29 is 9.53 Å². The van der Waals surface area contributed by atoms with Crippen molar-refractivity contribution in [2.24, 2.45) is 0 Å². The molecule has 0 aliphatic carbocycles. The Morgan fingerprint density at radius 2 is 1.88 bits per heavy atom. The van der Waals surface area contributed by atoms with Gasteiger partial charge >= 0.3 is 0 Å². The van der Waals surface area contributed by atoms with Crippen molar-refractivity contribution in [3.8, 4) is 11.8 Å². The van der Waals surface area contributed by atoms with E-state index < -0.39 is 0 Å². The minimum Gasteiger partial charge on any atom is -0.482 e. The van der Waals surface area contributed by atoms with Gasteiger partial charge in [0.25, 0.3) is 5.91 Å². The first kappa shape index (κ1) is 16.4. The zero-order valence-electron chi connectivity index (χ0n) is 14.4. The Hall–Kier alpha value is -3.04. The molecule has 0 bridgehead atoms. The van der Waals surface area contributed by atoms with E-state index in [2.05, 4.69) is 22.4 Å². The first-order valence-electron chi connectivity index (χ1n) is 8.76. The van der Waals surface area contributed by atoms with Gasteiger partial charge in [-0.25, -0.2) is 0 Å². The van der Waals surface area contributed by atoms with Crippen molar-refractivity contribution in [3.63, 3.8) is 0 Å². The van der Waals surface area contributed by atoms with Crippen LogP contribution in [0.3, 0.4) is 0 Å². The number of nitrogens with zero attached hydrogens (tertiary/aromatic N) is 3. The highest BCUT2D eigenvalue weighted by molar-refractivity contribution is 5.98. The summed E-state index contributed by atoms with van der Waals surface area (Å²) in [5, 5.41) is 12.3. The highest BCUT2D eigenvalue weighted by Crippen LogP contribution is 2.36. The van der Waals surface area contributed by atoms with Crippen LogP contribution in [0.15, 0.2) is 42.5 Å². The van der Waals surface area contributed by atoms with E-state index in [0.29, 0.717) is 12.1 Å². The number of hydrogen-bond acceptors (Lipinski definition) is 5. The van der Waals surface area contributed by atoms with Crippen molar-refractivity contribution in [3.05, 3.63) is 53.6 Å². The molecule has 0 unspecified atom stereocenters. The molecule has 6 nitrogen and oxygen atoms in total. The number of carbonyl (C=O) groups is 1. The molecule has 1 saturated heterocycles. The third-order valence-corrected chi connectivity index (χ3v) is 4.79. The summed E-state index contributed by atoms with van der Waals surface area (Å²) in [6, 6.07) is 15.5. The van der Waals surface area contributed by atoms with Crippen molar-refractivity contribution in [1.29, 1.82) is 5.26 Å². The number of anilines is 2. The lowest BCUT2D eigenvalue weighted by Gasteiger charge is -2.33. The molecule has 1 fully saturated rings. The standard InChI is InChI=1S/C20H20N4O2/c21-12-15-1-3-16(4-2-15)13-24-18-11-17(23-9-7-22-8-10-23)5-6-19(18)26-14-20(24)25/h1-6,11,22H,7-10,13-14H2. The molecule has 4 rings (SSSR count). The molecular formula is C20H20N4O2. The van der Waals surface area contributed by atoms with E-state index in [1.807, 2.05) is 24.3 Å². The van der Waals surface area contributed by atoms with Crippen LogP contribution in [0.25, 0.3) is 0 Å². The Labute approximate surface area is 152 Å². The van der Waals surface area contributed by atoms with Crippen LogP contribution in [0.4, 0.5) is 11.4 Å². The number of piperazine rings is 1. The van der Waals surface area contributed by atoms with Gasteiger partial charge < -0.3 is 19.9 Å². The van der Waals surface area contributed by atoms with Crippen LogP contribution < -0.4 is 19.9 Å². The molecule has 1 N–H and O–H groups in total. The number of carbonyl (C=O) groups excluding carboxylic acids is 1. The van der Waals surface area contributed by atoms with Gasteiger partial charge in [-0.3, -0.25) is 4.79 Å². The Morgan fingerprint density at radius 3 is 2.62 bits per heavy atom. The molecule has 2 aromatic carbocycles. The van der Waals surface area contributed by atoms with Gasteiger partial charge in [-0.05, 0) is 35.9 Å². The van der Waals surface area contributed by atoms with Crippen LogP contribution in [0.1, 0.15) is 11.1 Å². The zero-order valence-corrected chi connectivity index (χ0v) is 14.4. The van der Waals surface area contributed by atoms with E-state index in [1.54, 1.807) is 17.0 Å². The largest absolute Gasteiger partial charge is 0.482 e. The Balaban J connectivity index is 1.63. The second-order valence-electron chi connectivity index (χ2n) is 6.47. The number of nitrogens with one attached hydrogen (secondary N) is 1. The average molecular weight is 348 g/mol. The molecule has 26 heavy (non-hydrogen) atoms. The van der Waals surface area contributed by atoms with Crippen molar-refractivity contribution >= 4 is 17.3 Å². The lowest BCUT2D eigenvalue weighted by atomic mass is 10.1. The van der Waals surface area contributed by atoms with Crippen molar-refractivity contribution in [1.82, 2.24) is 5.32 Å². The predicted molar refractivity (Wildman–Crippen MR) is 99.4 cm³/mol. The molecule has 0 atom stereocenters. The van der Waals surface area contributed by atoms with E-state index in [0.717, 1.165) is 48.9 Å². The van der Waals surface area contributed by atoms with Crippen LogP contribution in [-0.2, 0) is 11.3 Å². The summed E-state index contributed by atoms with van der Waals surface area (Å²) < 4.78 is 5.62. The Kier molecular flexibility index (Phi) is 4.46. The molecule has 1 amide bonds. The molecule has 0 saturated carbocycles. The van der Waals surface area contributed by atoms with Gasteiger partial charge in [0.05, 0.1) is 23.9 Å². The minimum absolute atomic E-state index is 0.0518. The van der Waals surface area contributed by atoms with Gasteiger partial charge in [0.15, 0.2) is 6.61 Å². The Morgan fingerprint density at radius 1 is 1.12 bits per heavy atom. The zero-order chi connectivity index (χ0) is 17.9. The highest BCUT2D eigenvalue weighted by atomic mass is 16.5. The number of fused-ring (bicyclic) bond motifs is 1. The van der Waals surface area contributed by atoms with Gasteiger partial charge in [0.1, 0.15) is 5.75 Å². The number of ether oxygens (including phenoxy) is 1. The van der Waals surface area contributed by atoms with Gasteiger partial charge in [0, 0.05) is 31.9 Å². The summed E-state index contributed by atoms with van der Waals surface area (Å²) >= 11 is 0. The summed E-state index contributed by atoms with van der Waals surface area (Å²) in [5.41, 5.74) is 3.51. The number of amides is 1. The second kappa shape index (κ2) is 7.06. The fourth-order valence-electron chi connectivity index (χ4n) is 3.35. The fraction of sp³-hybridized carbons (Fsp3) is 0.300. The van der Waals surface area contributed by atoms with Crippen LogP contribution in [0, 0.1) is 11.3 Å². The molecule has 2 aliphatic heterocycles. The summed E-state index contributed by atoms with van der Waals surface area (Å²) in [5.74, 6) is 0.677. The van der Waals surface area contributed by atoms with Crippen molar-refractivity contribution in [2.75, 3.05) is 42.6 Å². The third kappa shape index (κ3) is 3.22. The van der Waals surface area contributed by atoms with Crippen LogP contribution in [0.2, 0.25) is 0 Å². The molecule has 132 valence electrons. The van der Waals surface area contributed by atoms with E-state index >= 15 is 0 Å². The smallest absolute Gasteiger partial charge is 0.265 e. The van der Waals surface area contributed by atoms with Crippen LogP contribution >= 0.6 is 0 Å². The fourth-order valence-corrected chi connectivity index (χ4v) is 3.35. The number of hydrogen-bond donors (Lipinski definition) is 1. The quantitative estimate of drug-likeness (QED) is 0.917. The van der Waals surface area contributed by atoms with Crippen LogP contribution in [0.5, 0.6) is 5.75 Å². The van der Waals surface area contributed by atoms with Gasteiger partial charge in [-0.15, -0.1) is 0 Å². The topological polar surface area (TPSA) is 68.6 Å². The van der Waals surface area contributed by atoms with E-state index in [9.17, 15) is 4.79 Å². The maximum Gasteiger partial charge on any atom is 0.265 e. The van der Waals surface area contributed by atoms with E-state index in [4.69, 9.17) is 10.00 Å². The normalized spacial score (nSPS) is 16.7. The molecule has 2 aliphatic rings. The maximum absolute atomic E-state index is 12.5. The molecule has 2 aromatic rings. The Bertz CT molecular complexity index is 851. The molecule has 6 heteroatoms. The average Bonchev–Trinajstić information content (AvgIpc) is 2.71. The van der Waals surface area contributed by atoms with Crippen molar-refractivity contribution in [2.45, 2.75) is 6.54 Å². The van der Waals surface area contributed by atoms with Crippen LogP contribution in [-0.4, -0.2) is 38.7 Å². The number of rotatable bonds is 3. The van der Waals surface area contributed by atoms with Gasteiger partial charge in [0.2, 0.25) is 0 Å². The van der Waals surface area contributed by atoms with E-state index in [-0.39, 0.29) is 12.5 Å². The minimum atomic E-state index is -0.0562. The second-order valence-corrected chi connectivity index (χ2v) is 6.47. The number of benzene rings is 2. The summed E-state index contributed by atoms with van der Waals surface area (Å²) in [6.45, 7) is 4.33. The summed E-state index contributed by atoms with van der Waals surface area (Å²) in [7, 11) is 0. The first-order chi connectivity index (χ1) is 12.7. The molecule has 0 aromatic heterocycles. The molecular weight excluding hydrogens is 328 g/mol. The monoisotopic (exact) mass is 348 g/mol. The lowest BCUT2D eigenvalue weighted by molar-refractivity contribution is -0.121. The first-order valence-corrected chi connectivity index (χ1v) is 8.76. The molecule has 0 spiro atoms. The predicted octanol–water partition coefficient (Wildman–Crippen LogP) is 1.89. The molecule has 2 heterocycles. The third-order valence-electron chi connectivity index (χ3n) is 4.79. The summed E-state index contributed by atoms with van der Waals surface area (Å²) in [6.07, 6.45) is 0. The molecule has 0 radical (unpaired) electrons. The van der Waals surface area contributed by atoms with Gasteiger partial charge in [-0.2, -0.15) is 5.26 Å². The highest BCUT2D eigenvalue weighted by Gasteiger charge is 2.26. The van der Waals surface area contributed by atoms with Gasteiger partial charge in [-0.1, -0.05) is 12.1 Å². The lowest BCUT2D eigenvalue weighted by Crippen LogP contribution is -2.44.